The van der Waals surface area contributed by atoms with Crippen molar-refractivity contribution < 1.29 is 14.3 Å². The highest BCUT2D eigenvalue weighted by Crippen LogP contribution is 2.31. The summed E-state index contributed by atoms with van der Waals surface area (Å²) in [7, 11) is 0. The number of para-hydroxylation sites is 2. The fourth-order valence-corrected chi connectivity index (χ4v) is 6.16. The first kappa shape index (κ1) is 26.3. The Bertz CT molecular complexity index is 1240. The summed E-state index contributed by atoms with van der Waals surface area (Å²) >= 11 is 0. The first-order valence-corrected chi connectivity index (χ1v) is 14.5. The SMILES string of the molecule is CCN1CCCCCCCN(C(=O)Cn2ccc3ccccc32)[C@@H]2CCCC[C@@H]2Oc2ccccc2C1=O. The third kappa shape index (κ3) is 5.90. The fourth-order valence-electron chi connectivity index (χ4n) is 6.16. The van der Waals surface area contributed by atoms with Crippen molar-refractivity contribution in [2.45, 2.75) is 83.4 Å². The van der Waals surface area contributed by atoms with E-state index >= 15 is 0 Å². The molecule has 38 heavy (non-hydrogen) atoms. The van der Waals surface area contributed by atoms with Crippen molar-refractivity contribution in [2.24, 2.45) is 0 Å². The van der Waals surface area contributed by atoms with Gasteiger partial charge in [-0.25, -0.2) is 0 Å². The van der Waals surface area contributed by atoms with Crippen molar-refractivity contribution >= 4 is 22.7 Å². The molecule has 0 N–H and O–H groups in total. The van der Waals surface area contributed by atoms with Gasteiger partial charge in [0.1, 0.15) is 18.4 Å². The summed E-state index contributed by atoms with van der Waals surface area (Å²) in [5.74, 6) is 0.835. The number of fused-ring (bicyclic) bond motifs is 3. The number of nitrogens with zero attached hydrogens (tertiary/aromatic N) is 3. The average Bonchev–Trinajstić information content (AvgIpc) is 3.35. The molecule has 2 amide bonds. The number of carbonyl (C=O) groups excluding carboxylic acids is 2. The van der Waals surface area contributed by atoms with Gasteiger partial charge in [0.25, 0.3) is 5.91 Å². The second-order valence-electron chi connectivity index (χ2n) is 10.7. The van der Waals surface area contributed by atoms with E-state index in [0.29, 0.717) is 24.4 Å². The lowest BCUT2D eigenvalue weighted by Gasteiger charge is -2.40. The van der Waals surface area contributed by atoms with Crippen molar-refractivity contribution in [3.8, 4) is 5.75 Å². The van der Waals surface area contributed by atoms with E-state index in [1.807, 2.05) is 54.4 Å². The highest BCUT2D eigenvalue weighted by atomic mass is 16.5. The molecule has 1 aromatic heterocycles. The summed E-state index contributed by atoms with van der Waals surface area (Å²) < 4.78 is 8.75. The molecule has 0 spiro atoms. The minimum absolute atomic E-state index is 0.00800. The third-order valence-corrected chi connectivity index (χ3v) is 8.27. The lowest BCUT2D eigenvalue weighted by atomic mass is 9.90. The van der Waals surface area contributed by atoms with E-state index in [0.717, 1.165) is 81.8 Å². The van der Waals surface area contributed by atoms with E-state index in [2.05, 4.69) is 27.7 Å². The Morgan fingerprint density at radius 2 is 1.61 bits per heavy atom. The van der Waals surface area contributed by atoms with E-state index in [1.54, 1.807) is 0 Å². The lowest BCUT2D eigenvalue weighted by Crippen LogP contribution is -2.52. The molecule has 6 heteroatoms. The summed E-state index contributed by atoms with van der Waals surface area (Å²) in [6.07, 6.45) is 11.2. The smallest absolute Gasteiger partial charge is 0.257 e. The fraction of sp³-hybridized carbons (Fsp3) is 0.500. The summed E-state index contributed by atoms with van der Waals surface area (Å²) in [5, 5.41) is 1.15. The molecule has 2 heterocycles. The second-order valence-corrected chi connectivity index (χ2v) is 10.7. The van der Waals surface area contributed by atoms with Gasteiger partial charge in [-0.05, 0) is 68.7 Å². The topological polar surface area (TPSA) is 54.8 Å². The normalized spacial score (nSPS) is 21.7. The number of aromatic nitrogens is 1. The van der Waals surface area contributed by atoms with Crippen LogP contribution >= 0.6 is 0 Å². The van der Waals surface area contributed by atoms with E-state index < -0.39 is 0 Å². The minimum Gasteiger partial charge on any atom is -0.487 e. The maximum atomic E-state index is 13.9. The molecule has 5 rings (SSSR count). The Labute approximate surface area is 226 Å². The number of amides is 2. The Morgan fingerprint density at radius 3 is 2.47 bits per heavy atom. The van der Waals surface area contributed by atoms with E-state index in [9.17, 15) is 9.59 Å². The molecule has 3 aromatic rings. The van der Waals surface area contributed by atoms with E-state index in [4.69, 9.17) is 4.74 Å². The van der Waals surface area contributed by atoms with Crippen LogP contribution in [-0.2, 0) is 11.3 Å². The molecule has 1 saturated carbocycles. The number of hydrogen-bond acceptors (Lipinski definition) is 3. The zero-order valence-corrected chi connectivity index (χ0v) is 22.7. The van der Waals surface area contributed by atoms with Gasteiger partial charge in [0.05, 0.1) is 11.6 Å². The van der Waals surface area contributed by atoms with Crippen LogP contribution in [0.4, 0.5) is 0 Å². The molecule has 2 atom stereocenters. The zero-order chi connectivity index (χ0) is 26.3. The number of rotatable bonds is 3. The van der Waals surface area contributed by atoms with Crippen LogP contribution in [0.25, 0.3) is 10.9 Å². The minimum atomic E-state index is -0.122. The van der Waals surface area contributed by atoms with Crippen LogP contribution in [0.2, 0.25) is 0 Å². The van der Waals surface area contributed by atoms with Gasteiger partial charge in [0.15, 0.2) is 0 Å². The molecule has 1 aliphatic carbocycles. The summed E-state index contributed by atoms with van der Waals surface area (Å²) in [6, 6.07) is 18.0. The van der Waals surface area contributed by atoms with E-state index in [1.165, 1.54) is 0 Å². The Balaban J connectivity index is 1.44. The van der Waals surface area contributed by atoms with E-state index in [-0.39, 0.29) is 24.0 Å². The van der Waals surface area contributed by atoms with Gasteiger partial charge in [-0.15, -0.1) is 0 Å². The maximum absolute atomic E-state index is 13.9. The lowest BCUT2D eigenvalue weighted by molar-refractivity contribution is -0.137. The van der Waals surface area contributed by atoms with Crippen LogP contribution in [0.3, 0.4) is 0 Å². The Kier molecular flexibility index (Phi) is 8.67. The molecular weight excluding hydrogens is 474 g/mol. The standard InChI is InChI=1S/C32H41N3O3/c1-2-33-21-12-4-3-5-13-22-35(31(36)24-34-23-20-25-14-6-8-16-27(25)34)28-17-9-11-19-30(28)38-29-18-10-7-15-26(29)32(33)37/h6-8,10,14-16,18,20,23,28,30H,2-5,9,11-13,17,19,21-22,24H2,1H3/t28-,30+/m1/s1. The molecule has 1 fully saturated rings. The van der Waals surface area contributed by atoms with Crippen molar-refractivity contribution in [1.29, 1.82) is 0 Å². The molecule has 1 aliphatic heterocycles. The predicted molar refractivity (Wildman–Crippen MR) is 151 cm³/mol. The van der Waals surface area contributed by atoms with Gasteiger partial charge in [-0.3, -0.25) is 9.59 Å². The Hall–Kier alpha value is -3.28. The molecule has 202 valence electrons. The van der Waals surface area contributed by atoms with Crippen LogP contribution in [-0.4, -0.2) is 58.0 Å². The predicted octanol–water partition coefficient (Wildman–Crippen LogP) is 6.29. The quantitative estimate of drug-likeness (QED) is 0.412. The van der Waals surface area contributed by atoms with Crippen molar-refractivity contribution in [3.05, 3.63) is 66.4 Å². The van der Waals surface area contributed by atoms with Crippen LogP contribution in [0.1, 0.15) is 75.1 Å². The number of ether oxygens (including phenoxy) is 1. The van der Waals surface area contributed by atoms with Gasteiger partial charge >= 0.3 is 0 Å². The van der Waals surface area contributed by atoms with Crippen LogP contribution in [0.5, 0.6) is 5.75 Å². The second kappa shape index (κ2) is 12.5. The largest absolute Gasteiger partial charge is 0.487 e. The number of hydrogen-bond donors (Lipinski definition) is 0. The summed E-state index contributed by atoms with van der Waals surface area (Å²) in [6.45, 7) is 4.59. The molecular formula is C32H41N3O3. The molecule has 2 aromatic carbocycles. The van der Waals surface area contributed by atoms with Crippen LogP contribution < -0.4 is 4.74 Å². The van der Waals surface area contributed by atoms with Crippen LogP contribution in [0.15, 0.2) is 60.8 Å². The molecule has 0 saturated heterocycles. The van der Waals surface area contributed by atoms with Crippen molar-refractivity contribution in [2.75, 3.05) is 19.6 Å². The molecule has 0 radical (unpaired) electrons. The summed E-state index contributed by atoms with van der Waals surface area (Å²) in [4.78, 5) is 31.5. The van der Waals surface area contributed by atoms with Gasteiger partial charge in [-0.2, -0.15) is 0 Å². The first-order valence-electron chi connectivity index (χ1n) is 14.5. The maximum Gasteiger partial charge on any atom is 0.257 e. The van der Waals surface area contributed by atoms with Gasteiger partial charge < -0.3 is 19.1 Å². The highest BCUT2D eigenvalue weighted by Gasteiger charge is 2.35. The number of benzene rings is 2. The monoisotopic (exact) mass is 515 g/mol. The van der Waals surface area contributed by atoms with Crippen LogP contribution in [0, 0.1) is 0 Å². The van der Waals surface area contributed by atoms with Gasteiger partial charge in [-0.1, -0.05) is 56.0 Å². The molecule has 6 nitrogen and oxygen atoms in total. The third-order valence-electron chi connectivity index (χ3n) is 8.27. The molecule has 2 aliphatic rings. The van der Waals surface area contributed by atoms with Gasteiger partial charge in [0.2, 0.25) is 5.91 Å². The van der Waals surface area contributed by atoms with Crippen molar-refractivity contribution in [1.82, 2.24) is 14.4 Å². The first-order chi connectivity index (χ1) is 18.7. The van der Waals surface area contributed by atoms with Crippen molar-refractivity contribution in [3.63, 3.8) is 0 Å². The number of carbonyl (C=O) groups is 2. The molecule has 0 bridgehead atoms. The highest BCUT2D eigenvalue weighted by molar-refractivity contribution is 5.97. The zero-order valence-electron chi connectivity index (χ0n) is 22.7. The Morgan fingerprint density at radius 1 is 0.868 bits per heavy atom. The summed E-state index contributed by atoms with van der Waals surface area (Å²) in [5.41, 5.74) is 1.72. The van der Waals surface area contributed by atoms with Gasteiger partial charge in [0, 0.05) is 31.3 Å². The molecule has 0 unspecified atom stereocenters. The average molecular weight is 516 g/mol.